The number of carbonyl (C=O) groups excluding carboxylic acids is 1. The van der Waals surface area contributed by atoms with E-state index in [4.69, 9.17) is 9.05 Å². The van der Waals surface area contributed by atoms with Gasteiger partial charge in [-0.3, -0.25) is 9.36 Å². The summed E-state index contributed by atoms with van der Waals surface area (Å²) >= 11 is 0. The minimum Gasteiger partial charge on any atom is -0.351 e. The molecule has 0 aliphatic heterocycles. The van der Waals surface area contributed by atoms with E-state index < -0.39 is 13.5 Å². The molecule has 0 aromatic heterocycles. The van der Waals surface area contributed by atoms with Crippen molar-refractivity contribution < 1.29 is 18.4 Å². The van der Waals surface area contributed by atoms with E-state index >= 15 is 0 Å². The molecule has 19 heavy (non-hydrogen) atoms. The first-order valence-electron chi connectivity index (χ1n) is 6.54. The molecule has 0 aliphatic carbocycles. The van der Waals surface area contributed by atoms with Gasteiger partial charge in [0.05, 0.1) is 13.2 Å². The highest BCUT2D eigenvalue weighted by Crippen LogP contribution is 2.55. The first-order valence-corrected chi connectivity index (χ1v) is 8.08. The van der Waals surface area contributed by atoms with Crippen LogP contribution in [0.5, 0.6) is 0 Å². The zero-order valence-corrected chi connectivity index (χ0v) is 13.7. The van der Waals surface area contributed by atoms with Crippen LogP contribution in [0.4, 0.5) is 0 Å². The molecule has 0 saturated carbocycles. The van der Waals surface area contributed by atoms with Gasteiger partial charge in [-0.1, -0.05) is 26.8 Å². The summed E-state index contributed by atoms with van der Waals surface area (Å²) in [7, 11) is -3.52. The lowest BCUT2D eigenvalue weighted by Crippen LogP contribution is -2.33. The smallest absolute Gasteiger partial charge is 0.351 e. The summed E-state index contributed by atoms with van der Waals surface area (Å²) in [4.78, 5) is 12.1. The van der Waals surface area contributed by atoms with E-state index in [9.17, 15) is 9.36 Å². The molecule has 0 fully saturated rings. The summed E-state index contributed by atoms with van der Waals surface area (Å²) in [6.45, 7) is 12.0. The fourth-order valence-electron chi connectivity index (χ4n) is 1.37. The molecule has 0 bridgehead atoms. The van der Waals surface area contributed by atoms with Crippen molar-refractivity contribution in [1.82, 2.24) is 5.32 Å². The molecule has 0 unspecified atom stereocenters. The largest absolute Gasteiger partial charge is 0.366 e. The van der Waals surface area contributed by atoms with Crippen LogP contribution in [0.2, 0.25) is 0 Å². The van der Waals surface area contributed by atoms with Crippen LogP contribution in [0.3, 0.4) is 0 Å². The third kappa shape index (κ3) is 6.37. The number of hydrogen-bond acceptors (Lipinski definition) is 4. The zero-order chi connectivity index (χ0) is 15.1. The van der Waals surface area contributed by atoms with Gasteiger partial charge in [0, 0.05) is 6.54 Å². The maximum Gasteiger partial charge on any atom is 0.366 e. The molecule has 6 heteroatoms. The van der Waals surface area contributed by atoms with Gasteiger partial charge in [0.15, 0.2) is 0 Å². The molecule has 5 nitrogen and oxygen atoms in total. The van der Waals surface area contributed by atoms with Gasteiger partial charge in [-0.2, -0.15) is 0 Å². The number of rotatable bonds is 7. The summed E-state index contributed by atoms with van der Waals surface area (Å²) < 4.78 is 22.9. The van der Waals surface area contributed by atoms with Crippen molar-refractivity contribution >= 4 is 13.5 Å². The van der Waals surface area contributed by atoms with Gasteiger partial charge < -0.3 is 14.4 Å². The van der Waals surface area contributed by atoms with Gasteiger partial charge in [0.2, 0.25) is 0 Å². The van der Waals surface area contributed by atoms with Gasteiger partial charge in [-0.25, -0.2) is 0 Å². The molecule has 0 heterocycles. The fourth-order valence-corrected chi connectivity index (χ4v) is 3.04. The highest BCUT2D eigenvalue weighted by atomic mass is 31.2. The summed E-state index contributed by atoms with van der Waals surface area (Å²) in [6.07, 6.45) is 1.49. The van der Waals surface area contributed by atoms with E-state index in [1.807, 2.05) is 20.8 Å². The van der Waals surface area contributed by atoms with Crippen LogP contribution in [0, 0.1) is 5.41 Å². The van der Waals surface area contributed by atoms with E-state index in [0.717, 1.165) is 0 Å². The summed E-state index contributed by atoms with van der Waals surface area (Å²) in [5, 5.41) is 2.83. The number of carbonyl (C=O) groups is 1. The van der Waals surface area contributed by atoms with E-state index in [2.05, 4.69) is 5.32 Å². The molecule has 112 valence electrons. The van der Waals surface area contributed by atoms with Crippen LogP contribution in [0.25, 0.3) is 0 Å². The van der Waals surface area contributed by atoms with E-state index in [1.54, 1.807) is 20.8 Å². The maximum atomic E-state index is 12.5. The lowest BCUT2D eigenvalue weighted by molar-refractivity contribution is -0.117. The van der Waals surface area contributed by atoms with Gasteiger partial charge >= 0.3 is 7.60 Å². The van der Waals surface area contributed by atoms with Crippen molar-refractivity contribution in [2.75, 3.05) is 19.8 Å². The predicted molar refractivity (Wildman–Crippen MR) is 77.1 cm³/mol. The topological polar surface area (TPSA) is 64.6 Å². The SMILES string of the molecule is C/C=C(\C(=O)NCC(C)(C)C)P(=O)(OCC)OCC. The normalized spacial score (nSPS) is 13.5. The highest BCUT2D eigenvalue weighted by Gasteiger charge is 2.34. The average Bonchev–Trinajstić information content (AvgIpc) is 2.26. The molecule has 1 amide bonds. The summed E-state index contributed by atoms with van der Waals surface area (Å²) in [6, 6.07) is 0. The average molecular weight is 291 g/mol. The Hall–Kier alpha value is -0.640. The van der Waals surface area contributed by atoms with Crippen LogP contribution in [0.15, 0.2) is 11.4 Å². The maximum absolute atomic E-state index is 12.5. The molecule has 0 aliphatic rings. The summed E-state index contributed by atoms with van der Waals surface area (Å²) in [5.41, 5.74) is -0.0459. The third-order valence-electron chi connectivity index (χ3n) is 2.18. The van der Waals surface area contributed by atoms with Crippen LogP contribution in [0.1, 0.15) is 41.5 Å². The Labute approximate surface area is 116 Å². The molecule has 0 saturated heterocycles. The fraction of sp³-hybridized carbons (Fsp3) is 0.769. The Morgan fingerprint density at radius 1 is 1.21 bits per heavy atom. The Kier molecular flexibility index (Phi) is 7.57. The second kappa shape index (κ2) is 7.83. The quantitative estimate of drug-likeness (QED) is 0.577. The molecule has 0 aromatic carbocycles. The van der Waals surface area contributed by atoms with Crippen LogP contribution in [-0.4, -0.2) is 25.7 Å². The second-order valence-electron chi connectivity index (χ2n) is 5.25. The Bertz CT molecular complexity index is 361. The molecule has 0 radical (unpaired) electrons. The standard InChI is InChI=1S/C13H26NO4P/c1-7-11(12(15)14-10-13(4,5)6)19(16,17-8-2)18-9-3/h7H,8-10H2,1-6H3,(H,14,15)/b11-7+. The first-order chi connectivity index (χ1) is 8.70. The number of hydrogen-bond donors (Lipinski definition) is 1. The van der Waals surface area contributed by atoms with Crippen molar-refractivity contribution in [2.24, 2.45) is 5.41 Å². The molecule has 1 N–H and O–H groups in total. The minimum absolute atomic E-state index is 0.0459. The van der Waals surface area contributed by atoms with E-state index in [1.165, 1.54) is 6.08 Å². The monoisotopic (exact) mass is 291 g/mol. The molecule has 0 spiro atoms. The molecule has 0 atom stereocenters. The van der Waals surface area contributed by atoms with Crippen molar-refractivity contribution in [1.29, 1.82) is 0 Å². The first kappa shape index (κ1) is 18.4. The number of nitrogens with one attached hydrogen (secondary N) is 1. The Balaban J connectivity index is 4.98. The molecule has 0 aromatic rings. The predicted octanol–water partition coefficient (Wildman–Crippen LogP) is 3.32. The van der Waals surface area contributed by atoms with Crippen molar-refractivity contribution in [3.63, 3.8) is 0 Å². The Morgan fingerprint density at radius 2 is 1.68 bits per heavy atom. The molecular formula is C13H26NO4P. The van der Waals surface area contributed by atoms with E-state index in [0.29, 0.717) is 6.54 Å². The Morgan fingerprint density at radius 3 is 2.00 bits per heavy atom. The van der Waals surface area contributed by atoms with Crippen LogP contribution in [-0.2, 0) is 18.4 Å². The third-order valence-corrected chi connectivity index (χ3v) is 4.43. The van der Waals surface area contributed by atoms with Gasteiger partial charge in [-0.15, -0.1) is 0 Å². The van der Waals surface area contributed by atoms with Crippen LogP contribution < -0.4 is 5.32 Å². The lowest BCUT2D eigenvalue weighted by Gasteiger charge is -2.22. The minimum atomic E-state index is -3.52. The van der Waals surface area contributed by atoms with Gasteiger partial charge in [-0.05, 0) is 26.2 Å². The zero-order valence-electron chi connectivity index (χ0n) is 12.8. The van der Waals surface area contributed by atoms with Gasteiger partial charge in [0.1, 0.15) is 5.31 Å². The van der Waals surface area contributed by atoms with Crippen molar-refractivity contribution in [3.05, 3.63) is 11.4 Å². The molecular weight excluding hydrogens is 265 g/mol. The second-order valence-corrected chi connectivity index (χ2v) is 7.24. The van der Waals surface area contributed by atoms with E-state index in [-0.39, 0.29) is 23.9 Å². The highest BCUT2D eigenvalue weighted by molar-refractivity contribution is 7.60. The van der Waals surface area contributed by atoms with Gasteiger partial charge in [0.25, 0.3) is 5.91 Å². The van der Waals surface area contributed by atoms with Crippen molar-refractivity contribution in [2.45, 2.75) is 41.5 Å². The number of allylic oxidation sites excluding steroid dienone is 1. The summed E-state index contributed by atoms with van der Waals surface area (Å²) in [5.74, 6) is -0.400. The molecule has 0 rings (SSSR count). The van der Waals surface area contributed by atoms with Crippen molar-refractivity contribution in [3.8, 4) is 0 Å². The number of amides is 1. The lowest BCUT2D eigenvalue weighted by atomic mass is 9.97. The van der Waals surface area contributed by atoms with Crippen LogP contribution >= 0.6 is 7.60 Å².